The van der Waals surface area contributed by atoms with Crippen LogP contribution in [0.4, 0.5) is 13.9 Å². The number of halogens is 2. The fourth-order valence-electron chi connectivity index (χ4n) is 0.652. The predicted molar refractivity (Wildman–Crippen MR) is 49.7 cm³/mol. The number of nitrogens with zero attached hydrogens (tertiary/aromatic N) is 2. The van der Waals surface area contributed by atoms with Crippen molar-refractivity contribution >= 4 is 32.5 Å². The van der Waals surface area contributed by atoms with Crippen LogP contribution >= 0.6 is 11.3 Å². The fraction of sp³-hybridized carbons (Fsp3) is 0.400. The van der Waals surface area contributed by atoms with Crippen molar-refractivity contribution in [2.45, 2.75) is 12.2 Å². The highest BCUT2D eigenvalue weighted by atomic mass is 32.2. The van der Waals surface area contributed by atoms with Crippen LogP contribution in [0, 0.1) is 0 Å². The average Bonchev–Trinajstić information content (AvgIpc) is 2.49. The SMILES string of the molecule is CC(=O)Nc1nnc(C(F)(F)S(=O)(=O)O)s1. The zero-order valence-corrected chi connectivity index (χ0v) is 9.27. The highest BCUT2D eigenvalue weighted by Gasteiger charge is 2.49. The first-order chi connectivity index (χ1) is 7.14. The van der Waals surface area contributed by atoms with Gasteiger partial charge in [0.05, 0.1) is 0 Å². The molecule has 0 aromatic carbocycles. The first-order valence-corrected chi connectivity index (χ1v) is 5.86. The van der Waals surface area contributed by atoms with Gasteiger partial charge in [-0.1, -0.05) is 11.3 Å². The van der Waals surface area contributed by atoms with Gasteiger partial charge in [-0.15, -0.1) is 10.2 Å². The van der Waals surface area contributed by atoms with Crippen LogP contribution in [0.25, 0.3) is 0 Å². The second-order valence-corrected chi connectivity index (χ2v) is 5.03. The molecule has 0 fully saturated rings. The molecular weight excluding hydrogens is 268 g/mol. The Balaban J connectivity index is 3.07. The number of hydrogen-bond acceptors (Lipinski definition) is 6. The van der Waals surface area contributed by atoms with Crippen molar-refractivity contribution in [1.82, 2.24) is 10.2 Å². The molecule has 0 bridgehead atoms. The van der Waals surface area contributed by atoms with Crippen LogP contribution in [0.5, 0.6) is 0 Å². The lowest BCUT2D eigenvalue weighted by atomic mass is 10.7. The largest absolute Gasteiger partial charge is 0.422 e. The van der Waals surface area contributed by atoms with Gasteiger partial charge in [0.2, 0.25) is 16.0 Å². The Kier molecular flexibility index (Phi) is 3.21. The van der Waals surface area contributed by atoms with E-state index in [9.17, 15) is 22.0 Å². The molecule has 0 aliphatic carbocycles. The van der Waals surface area contributed by atoms with Crippen molar-refractivity contribution in [2.75, 3.05) is 5.32 Å². The van der Waals surface area contributed by atoms with Gasteiger partial charge in [-0.05, 0) is 0 Å². The molecule has 7 nitrogen and oxygen atoms in total. The van der Waals surface area contributed by atoms with Crippen LogP contribution in [0.2, 0.25) is 0 Å². The highest BCUT2D eigenvalue weighted by molar-refractivity contribution is 7.86. The molecule has 1 rings (SSSR count). The van der Waals surface area contributed by atoms with Crippen molar-refractivity contribution in [3.05, 3.63) is 5.01 Å². The molecule has 16 heavy (non-hydrogen) atoms. The molecule has 1 aromatic heterocycles. The fourth-order valence-corrected chi connectivity index (χ4v) is 2.01. The molecule has 0 saturated carbocycles. The Bertz CT molecular complexity index is 511. The number of rotatable bonds is 3. The third kappa shape index (κ3) is 2.48. The quantitative estimate of drug-likeness (QED) is 0.773. The van der Waals surface area contributed by atoms with E-state index >= 15 is 0 Å². The molecule has 0 aliphatic rings. The maximum absolute atomic E-state index is 13.0. The highest BCUT2D eigenvalue weighted by Crippen LogP contribution is 2.36. The molecule has 1 heterocycles. The monoisotopic (exact) mass is 273 g/mol. The van der Waals surface area contributed by atoms with E-state index in [1.807, 2.05) is 5.32 Å². The zero-order valence-electron chi connectivity index (χ0n) is 7.64. The van der Waals surface area contributed by atoms with E-state index in [1.165, 1.54) is 0 Å². The maximum Gasteiger partial charge on any atom is 0.422 e. The average molecular weight is 273 g/mol. The zero-order chi connectivity index (χ0) is 12.6. The Morgan fingerprint density at radius 1 is 1.50 bits per heavy atom. The summed E-state index contributed by atoms with van der Waals surface area (Å²) in [4.78, 5) is 10.5. The van der Waals surface area contributed by atoms with Gasteiger partial charge in [-0.3, -0.25) is 9.35 Å². The van der Waals surface area contributed by atoms with E-state index in [4.69, 9.17) is 4.55 Å². The van der Waals surface area contributed by atoms with Gasteiger partial charge in [0.25, 0.3) is 0 Å². The lowest BCUT2D eigenvalue weighted by Crippen LogP contribution is -2.25. The second-order valence-electron chi connectivity index (χ2n) is 2.59. The molecule has 0 atom stereocenters. The summed E-state index contributed by atoms with van der Waals surface area (Å²) in [6.07, 6.45) is 0. The summed E-state index contributed by atoms with van der Waals surface area (Å²) in [5.74, 6) is -0.571. The summed E-state index contributed by atoms with van der Waals surface area (Å²) in [6, 6.07) is 0. The summed E-state index contributed by atoms with van der Waals surface area (Å²) in [7, 11) is -5.61. The van der Waals surface area contributed by atoms with E-state index in [2.05, 4.69) is 10.2 Å². The standard InChI is InChI=1S/C5H5F2N3O4S2/c1-2(11)8-4-10-9-3(15-4)5(6,7)16(12,13)14/h1H3,(H,8,10,11)(H,12,13,14). The van der Waals surface area contributed by atoms with Crippen molar-refractivity contribution in [1.29, 1.82) is 0 Å². The molecule has 0 spiro atoms. The topological polar surface area (TPSA) is 109 Å². The number of nitrogens with one attached hydrogen (secondary N) is 1. The number of carbonyl (C=O) groups is 1. The number of carbonyl (C=O) groups excluding carboxylic acids is 1. The van der Waals surface area contributed by atoms with Gasteiger partial charge in [0.15, 0.2) is 0 Å². The summed E-state index contributed by atoms with van der Waals surface area (Å²) < 4.78 is 54.9. The smallest absolute Gasteiger partial charge is 0.301 e. The van der Waals surface area contributed by atoms with Crippen LogP contribution in [0.1, 0.15) is 11.9 Å². The Hall–Kier alpha value is -1.20. The van der Waals surface area contributed by atoms with Crippen molar-refractivity contribution in [3.8, 4) is 0 Å². The molecule has 1 amide bonds. The van der Waals surface area contributed by atoms with E-state index in [1.54, 1.807) is 0 Å². The normalized spacial score (nSPS) is 12.5. The third-order valence-corrected chi connectivity index (χ3v) is 3.16. The van der Waals surface area contributed by atoms with Crippen molar-refractivity contribution in [3.63, 3.8) is 0 Å². The molecule has 90 valence electrons. The number of amides is 1. The summed E-state index contributed by atoms with van der Waals surface area (Å²) in [6.45, 7) is 1.11. The molecule has 0 unspecified atom stereocenters. The number of anilines is 1. The van der Waals surface area contributed by atoms with Crippen LogP contribution in [-0.2, 0) is 20.2 Å². The summed E-state index contributed by atoms with van der Waals surface area (Å²) in [5, 5.41) is 1.98. The second kappa shape index (κ2) is 3.99. The van der Waals surface area contributed by atoms with E-state index in [-0.39, 0.29) is 16.5 Å². The van der Waals surface area contributed by atoms with Crippen LogP contribution in [0.15, 0.2) is 0 Å². The van der Waals surface area contributed by atoms with Crippen LogP contribution in [0.3, 0.4) is 0 Å². The molecule has 0 saturated heterocycles. The molecule has 1 aromatic rings. The minimum atomic E-state index is -5.61. The van der Waals surface area contributed by atoms with E-state index in [0.717, 1.165) is 6.92 Å². The molecule has 0 aliphatic heterocycles. The first kappa shape index (κ1) is 12.9. The predicted octanol–water partition coefficient (Wildman–Crippen LogP) is 0.434. The Labute approximate surface area is 92.2 Å². The van der Waals surface area contributed by atoms with Gasteiger partial charge in [0.1, 0.15) is 0 Å². The van der Waals surface area contributed by atoms with E-state index in [0.29, 0.717) is 0 Å². The van der Waals surface area contributed by atoms with Gasteiger partial charge in [-0.25, -0.2) is 0 Å². The Morgan fingerprint density at radius 2 is 2.06 bits per heavy atom. The minimum Gasteiger partial charge on any atom is -0.301 e. The Morgan fingerprint density at radius 3 is 2.50 bits per heavy atom. The number of hydrogen-bond donors (Lipinski definition) is 2. The molecular formula is C5H5F2N3O4S2. The van der Waals surface area contributed by atoms with Crippen molar-refractivity contribution in [2.24, 2.45) is 0 Å². The summed E-state index contributed by atoms with van der Waals surface area (Å²) >= 11 is 0.152. The van der Waals surface area contributed by atoms with E-state index < -0.39 is 26.3 Å². The maximum atomic E-state index is 13.0. The van der Waals surface area contributed by atoms with Gasteiger partial charge < -0.3 is 5.32 Å². The number of alkyl halides is 2. The number of aromatic nitrogens is 2. The first-order valence-electron chi connectivity index (χ1n) is 3.61. The minimum absolute atomic E-state index is 0.152. The van der Waals surface area contributed by atoms with Gasteiger partial charge in [-0.2, -0.15) is 17.2 Å². The molecule has 11 heteroatoms. The van der Waals surface area contributed by atoms with Crippen LogP contribution < -0.4 is 5.32 Å². The third-order valence-electron chi connectivity index (χ3n) is 1.28. The molecule has 0 radical (unpaired) electrons. The van der Waals surface area contributed by atoms with Gasteiger partial charge >= 0.3 is 15.4 Å². The lowest BCUT2D eigenvalue weighted by Gasteiger charge is -2.07. The van der Waals surface area contributed by atoms with Gasteiger partial charge in [0, 0.05) is 6.92 Å². The van der Waals surface area contributed by atoms with Crippen LogP contribution in [-0.4, -0.2) is 29.1 Å². The molecule has 2 N–H and O–H groups in total. The lowest BCUT2D eigenvalue weighted by molar-refractivity contribution is -0.114. The van der Waals surface area contributed by atoms with Crippen molar-refractivity contribution < 1.29 is 26.5 Å². The summed E-state index contributed by atoms with van der Waals surface area (Å²) in [5.41, 5.74) is 0.